The Morgan fingerprint density at radius 1 is 0.793 bits per heavy atom. The van der Waals surface area contributed by atoms with E-state index >= 15 is 0 Å². The van der Waals surface area contributed by atoms with Gasteiger partial charge in [-0.1, -0.05) is 19.6 Å². The van der Waals surface area contributed by atoms with Gasteiger partial charge in [-0.15, -0.1) is 0 Å². The first-order valence-electron chi connectivity index (χ1n) is 7.99. The van der Waals surface area contributed by atoms with Crippen molar-refractivity contribution >= 4 is 35.9 Å². The Morgan fingerprint density at radius 3 is 1.55 bits per heavy atom. The molecule has 0 saturated heterocycles. The maximum absolute atomic E-state index is 12.5. The van der Waals surface area contributed by atoms with Gasteiger partial charge in [0.1, 0.15) is 0 Å². The molecule has 2 heterocycles. The van der Waals surface area contributed by atoms with Crippen LogP contribution < -0.4 is 14.7 Å². The van der Waals surface area contributed by atoms with Crippen LogP contribution in [0.2, 0.25) is 19.6 Å². The number of halogens is 7. The van der Waals surface area contributed by atoms with Crippen molar-refractivity contribution in [1.29, 1.82) is 0 Å². The molecule has 162 valence electrons. The fraction of sp³-hybridized carbons (Fsp3) is 0.412. The second-order valence-corrected chi connectivity index (χ2v) is 12.9. The van der Waals surface area contributed by atoms with Gasteiger partial charge >= 0.3 is 12.4 Å². The smallest absolute Gasteiger partial charge is 0.417 e. The van der Waals surface area contributed by atoms with Gasteiger partial charge in [0.25, 0.3) is 0 Å². The van der Waals surface area contributed by atoms with Gasteiger partial charge in [0, 0.05) is 17.6 Å². The third-order valence-corrected chi connectivity index (χ3v) is 6.25. The van der Waals surface area contributed by atoms with Gasteiger partial charge in [0.05, 0.1) is 37.0 Å². The molecule has 0 N–H and O–H groups in total. The Hall–Kier alpha value is -1.57. The standard InChI is InChI=1S/C10H14F3NOSi.C7H5F3INO/c1-15-9-8(16(2,3)4)5-7(6-14-9)10(11,12)13;1-13-6-5(11)2-4(3-12-6)7(8,9)10/h5-6H,1-4H3;2-3H,1H3. The van der Waals surface area contributed by atoms with Gasteiger partial charge in [-0.25, -0.2) is 9.97 Å². The lowest BCUT2D eigenvalue weighted by Gasteiger charge is -2.20. The molecule has 0 aliphatic carbocycles. The molecule has 29 heavy (non-hydrogen) atoms. The van der Waals surface area contributed by atoms with E-state index in [9.17, 15) is 26.3 Å². The molecule has 0 aliphatic heterocycles. The lowest BCUT2D eigenvalue weighted by molar-refractivity contribution is -0.138. The summed E-state index contributed by atoms with van der Waals surface area (Å²) in [5.74, 6) is 0.501. The molecular weight excluding hydrogens is 533 g/mol. The summed E-state index contributed by atoms with van der Waals surface area (Å²) >= 11 is 1.74. The van der Waals surface area contributed by atoms with Crippen molar-refractivity contribution in [1.82, 2.24) is 9.97 Å². The SMILES string of the molecule is COc1ncc(C(F)(F)F)cc1I.COc1ncc(C(F)(F)F)cc1[Si](C)(C)C. The monoisotopic (exact) mass is 552 g/mol. The van der Waals surface area contributed by atoms with Crippen LogP contribution in [-0.4, -0.2) is 32.3 Å². The molecule has 12 heteroatoms. The highest BCUT2D eigenvalue weighted by Gasteiger charge is 2.34. The van der Waals surface area contributed by atoms with Crippen LogP contribution in [0, 0.1) is 3.57 Å². The maximum Gasteiger partial charge on any atom is 0.417 e. The summed E-state index contributed by atoms with van der Waals surface area (Å²) in [6, 6.07) is 2.14. The van der Waals surface area contributed by atoms with Crippen molar-refractivity contribution in [2.24, 2.45) is 0 Å². The van der Waals surface area contributed by atoms with E-state index in [1.807, 2.05) is 19.6 Å². The second-order valence-electron chi connectivity index (χ2n) is 6.74. The van der Waals surface area contributed by atoms with E-state index in [1.54, 1.807) is 22.6 Å². The predicted octanol–water partition coefficient (Wildman–Crippen LogP) is 5.37. The average molecular weight is 552 g/mol. The molecule has 0 bridgehead atoms. The van der Waals surface area contributed by atoms with E-state index in [2.05, 4.69) is 9.97 Å². The van der Waals surface area contributed by atoms with Gasteiger partial charge in [0.2, 0.25) is 11.8 Å². The van der Waals surface area contributed by atoms with Crippen molar-refractivity contribution in [2.75, 3.05) is 14.2 Å². The molecule has 0 saturated carbocycles. The molecule has 2 aromatic rings. The van der Waals surface area contributed by atoms with Crippen LogP contribution in [0.3, 0.4) is 0 Å². The second kappa shape index (κ2) is 9.49. The Morgan fingerprint density at radius 2 is 1.21 bits per heavy atom. The van der Waals surface area contributed by atoms with E-state index in [-0.39, 0.29) is 5.88 Å². The number of alkyl halides is 6. The van der Waals surface area contributed by atoms with Crippen LogP contribution >= 0.6 is 22.6 Å². The third-order valence-electron chi connectivity index (χ3n) is 3.51. The molecule has 0 aromatic carbocycles. The van der Waals surface area contributed by atoms with Gasteiger partial charge in [-0.2, -0.15) is 26.3 Å². The van der Waals surface area contributed by atoms with E-state index in [1.165, 1.54) is 14.2 Å². The van der Waals surface area contributed by atoms with Crippen molar-refractivity contribution in [3.8, 4) is 11.8 Å². The topological polar surface area (TPSA) is 44.2 Å². The van der Waals surface area contributed by atoms with E-state index in [0.29, 0.717) is 14.6 Å². The zero-order valence-electron chi connectivity index (χ0n) is 16.2. The zero-order chi connectivity index (χ0) is 22.6. The summed E-state index contributed by atoms with van der Waals surface area (Å²) in [5, 5.41) is 0.588. The Kier molecular flexibility index (Phi) is 8.33. The number of hydrogen-bond acceptors (Lipinski definition) is 4. The molecule has 0 aliphatic rings. The van der Waals surface area contributed by atoms with E-state index < -0.39 is 31.6 Å². The lowest BCUT2D eigenvalue weighted by Crippen LogP contribution is -2.39. The van der Waals surface area contributed by atoms with Crippen LogP contribution in [0.1, 0.15) is 11.1 Å². The van der Waals surface area contributed by atoms with Crippen LogP contribution in [0.5, 0.6) is 11.8 Å². The number of ether oxygens (including phenoxy) is 2. The Balaban J connectivity index is 0.000000296. The first-order chi connectivity index (χ1) is 13.1. The first kappa shape index (κ1) is 25.5. The van der Waals surface area contributed by atoms with Gasteiger partial charge in [-0.05, 0) is 34.7 Å². The van der Waals surface area contributed by atoms with Crippen molar-refractivity contribution in [2.45, 2.75) is 32.0 Å². The highest BCUT2D eigenvalue weighted by molar-refractivity contribution is 14.1. The van der Waals surface area contributed by atoms with E-state index in [4.69, 9.17) is 9.47 Å². The summed E-state index contributed by atoms with van der Waals surface area (Å²) in [6.45, 7) is 5.85. The minimum absolute atomic E-state index is 0.202. The highest BCUT2D eigenvalue weighted by Crippen LogP contribution is 2.31. The Bertz CT molecular complexity index is 838. The summed E-state index contributed by atoms with van der Waals surface area (Å²) < 4.78 is 84.0. The molecule has 2 aromatic heterocycles. The molecule has 0 spiro atoms. The Labute approximate surface area is 178 Å². The predicted molar refractivity (Wildman–Crippen MR) is 107 cm³/mol. The molecule has 4 nitrogen and oxygen atoms in total. The lowest BCUT2D eigenvalue weighted by atomic mass is 10.3. The fourth-order valence-electron chi connectivity index (χ4n) is 2.04. The summed E-state index contributed by atoms with van der Waals surface area (Å²) in [5.41, 5.74) is -1.48. The molecule has 2 rings (SSSR count). The normalized spacial score (nSPS) is 12.1. The molecular formula is C17H19F6IN2O2Si. The number of pyridine rings is 2. The fourth-order valence-corrected chi connectivity index (χ4v) is 4.13. The molecule has 0 atom stereocenters. The maximum atomic E-state index is 12.5. The van der Waals surface area contributed by atoms with Gasteiger partial charge < -0.3 is 9.47 Å². The number of rotatable bonds is 3. The number of methoxy groups -OCH3 is 2. The van der Waals surface area contributed by atoms with Crippen molar-refractivity contribution in [3.63, 3.8) is 0 Å². The molecule has 0 unspecified atom stereocenters. The van der Waals surface area contributed by atoms with Crippen LogP contribution in [-0.2, 0) is 12.4 Å². The van der Waals surface area contributed by atoms with E-state index in [0.717, 1.165) is 24.5 Å². The van der Waals surface area contributed by atoms with Gasteiger partial charge in [-0.3, -0.25) is 0 Å². The molecule has 0 radical (unpaired) electrons. The third kappa shape index (κ3) is 7.32. The largest absolute Gasteiger partial charge is 0.481 e. The zero-order valence-corrected chi connectivity index (χ0v) is 19.3. The minimum Gasteiger partial charge on any atom is -0.481 e. The number of aromatic nitrogens is 2. The molecule has 0 amide bonds. The quantitative estimate of drug-likeness (QED) is 0.292. The van der Waals surface area contributed by atoms with Gasteiger partial charge in [0.15, 0.2) is 0 Å². The first-order valence-corrected chi connectivity index (χ1v) is 12.6. The average Bonchev–Trinajstić information content (AvgIpc) is 2.59. The van der Waals surface area contributed by atoms with Crippen LogP contribution in [0.4, 0.5) is 26.3 Å². The van der Waals surface area contributed by atoms with Crippen molar-refractivity contribution in [3.05, 3.63) is 39.2 Å². The van der Waals surface area contributed by atoms with Crippen LogP contribution in [0.25, 0.3) is 0 Å². The van der Waals surface area contributed by atoms with Crippen molar-refractivity contribution < 1.29 is 35.8 Å². The highest BCUT2D eigenvalue weighted by atomic mass is 127. The molecule has 0 fully saturated rings. The summed E-state index contributed by atoms with van der Waals surface area (Å²) in [4.78, 5) is 7.24. The van der Waals surface area contributed by atoms with Crippen LogP contribution in [0.15, 0.2) is 24.5 Å². The summed E-state index contributed by atoms with van der Waals surface area (Å²) in [7, 11) is 0.878. The number of hydrogen-bond donors (Lipinski definition) is 0. The number of nitrogens with zero attached hydrogens (tertiary/aromatic N) is 2. The minimum atomic E-state index is -4.35. The summed E-state index contributed by atoms with van der Waals surface area (Å²) in [6.07, 6.45) is -7.14.